The van der Waals surface area contributed by atoms with E-state index in [2.05, 4.69) is 5.32 Å². The van der Waals surface area contributed by atoms with Crippen molar-refractivity contribution in [2.24, 2.45) is 0 Å². The normalized spacial score (nSPS) is 11.5. The summed E-state index contributed by atoms with van der Waals surface area (Å²) in [6.45, 7) is 5.58. The van der Waals surface area contributed by atoms with E-state index >= 15 is 0 Å². The van der Waals surface area contributed by atoms with Crippen LogP contribution >= 0.6 is 0 Å². The number of methoxy groups -OCH3 is 2. The molecule has 0 saturated carbocycles. The predicted molar refractivity (Wildman–Crippen MR) is 163 cm³/mol. The number of nitrogens with zero attached hydrogens (tertiary/aromatic N) is 2. The number of aryl methyl sites for hydroxylation is 2. The molecule has 5 rings (SSSR count). The average molecular weight is 562 g/mol. The first kappa shape index (κ1) is 28.3. The lowest BCUT2D eigenvalue weighted by Crippen LogP contribution is -2.30. The Balaban J connectivity index is 1.42. The Labute approximate surface area is 244 Å². The molecule has 0 aliphatic rings. The molecule has 0 aliphatic carbocycles. The van der Waals surface area contributed by atoms with Gasteiger partial charge in [0, 0.05) is 35.0 Å². The third-order valence-corrected chi connectivity index (χ3v) is 6.82. The number of hydrogen-bond acceptors (Lipinski definition) is 7. The zero-order valence-corrected chi connectivity index (χ0v) is 24.1. The molecule has 1 heterocycles. The third-order valence-electron chi connectivity index (χ3n) is 6.82. The second-order valence-corrected chi connectivity index (χ2v) is 9.99. The fourth-order valence-corrected chi connectivity index (χ4v) is 4.41. The molecular formula is C34H31N3O5. The van der Waals surface area contributed by atoms with E-state index < -0.39 is 18.0 Å². The minimum absolute atomic E-state index is 0.262. The van der Waals surface area contributed by atoms with Gasteiger partial charge in [-0.1, -0.05) is 59.7 Å². The van der Waals surface area contributed by atoms with E-state index in [1.54, 1.807) is 36.4 Å². The van der Waals surface area contributed by atoms with Gasteiger partial charge in [0.05, 0.1) is 42.2 Å². The molecule has 0 aliphatic heterocycles. The summed E-state index contributed by atoms with van der Waals surface area (Å²) in [7, 11) is 3.04. The summed E-state index contributed by atoms with van der Waals surface area (Å²) in [6, 6.07) is 26.2. The average Bonchev–Trinajstić information content (AvgIpc) is 3.00. The minimum Gasteiger partial charge on any atom is -0.497 e. The third kappa shape index (κ3) is 6.23. The van der Waals surface area contributed by atoms with E-state index in [4.69, 9.17) is 24.2 Å². The Morgan fingerprint density at radius 2 is 1.21 bits per heavy atom. The van der Waals surface area contributed by atoms with Crippen molar-refractivity contribution in [3.63, 3.8) is 0 Å². The first-order chi connectivity index (χ1) is 20.2. The van der Waals surface area contributed by atoms with Crippen LogP contribution in [0.4, 0.5) is 5.69 Å². The van der Waals surface area contributed by atoms with E-state index in [1.165, 1.54) is 21.1 Å². The number of nitrogens with one attached hydrogen (secondary N) is 1. The van der Waals surface area contributed by atoms with Gasteiger partial charge in [-0.2, -0.15) is 0 Å². The molecule has 212 valence electrons. The van der Waals surface area contributed by atoms with Gasteiger partial charge in [0.25, 0.3) is 5.91 Å². The maximum atomic E-state index is 13.1. The lowest BCUT2D eigenvalue weighted by atomic mass is 10.0. The number of carbonyl (C=O) groups excluding carboxylic acids is 2. The Kier molecular flexibility index (Phi) is 8.15. The van der Waals surface area contributed by atoms with Crippen LogP contribution in [-0.2, 0) is 9.53 Å². The fourth-order valence-electron chi connectivity index (χ4n) is 4.41. The van der Waals surface area contributed by atoms with Crippen LogP contribution in [0.15, 0.2) is 84.9 Å². The number of hydrogen-bond donors (Lipinski definition) is 1. The highest BCUT2D eigenvalue weighted by Gasteiger charge is 2.21. The molecule has 1 N–H and O–H groups in total. The number of aromatic nitrogens is 2. The second kappa shape index (κ2) is 12.1. The maximum absolute atomic E-state index is 13.1. The summed E-state index contributed by atoms with van der Waals surface area (Å²) < 4.78 is 16.0. The quantitative estimate of drug-likeness (QED) is 0.208. The summed E-state index contributed by atoms with van der Waals surface area (Å²) in [5.74, 6) is -0.114. The van der Waals surface area contributed by atoms with Gasteiger partial charge in [0.15, 0.2) is 6.10 Å². The smallest absolute Gasteiger partial charge is 0.338 e. The molecule has 1 atom stereocenters. The highest BCUT2D eigenvalue weighted by molar-refractivity contribution is 5.99. The molecule has 0 spiro atoms. The molecule has 0 saturated heterocycles. The highest BCUT2D eigenvalue weighted by Crippen LogP contribution is 2.32. The van der Waals surface area contributed by atoms with Crippen molar-refractivity contribution >= 4 is 28.6 Å². The topological polar surface area (TPSA) is 99.6 Å². The van der Waals surface area contributed by atoms with E-state index in [9.17, 15) is 9.59 Å². The van der Waals surface area contributed by atoms with Gasteiger partial charge < -0.3 is 19.5 Å². The molecule has 1 amide bonds. The van der Waals surface area contributed by atoms with E-state index in [0.29, 0.717) is 33.9 Å². The van der Waals surface area contributed by atoms with Crippen molar-refractivity contribution in [1.29, 1.82) is 0 Å². The Hall–Kier alpha value is -5.24. The van der Waals surface area contributed by atoms with Crippen LogP contribution in [-0.4, -0.2) is 42.2 Å². The zero-order chi connectivity index (χ0) is 29.8. The Morgan fingerprint density at radius 3 is 1.74 bits per heavy atom. The van der Waals surface area contributed by atoms with E-state index in [1.807, 2.05) is 62.4 Å². The molecule has 1 unspecified atom stereocenters. The number of esters is 1. The second-order valence-electron chi connectivity index (χ2n) is 9.99. The van der Waals surface area contributed by atoms with Gasteiger partial charge in [-0.15, -0.1) is 0 Å². The van der Waals surface area contributed by atoms with Crippen LogP contribution < -0.4 is 14.8 Å². The molecule has 42 heavy (non-hydrogen) atoms. The van der Waals surface area contributed by atoms with E-state index in [0.717, 1.165) is 27.9 Å². The summed E-state index contributed by atoms with van der Waals surface area (Å²) >= 11 is 0. The van der Waals surface area contributed by atoms with Crippen molar-refractivity contribution in [3.05, 3.63) is 102 Å². The number of benzene rings is 4. The fraction of sp³-hybridized carbons (Fsp3) is 0.176. The predicted octanol–water partition coefficient (Wildman–Crippen LogP) is 6.78. The van der Waals surface area contributed by atoms with Gasteiger partial charge in [0.1, 0.15) is 11.5 Å². The number of rotatable bonds is 8. The monoisotopic (exact) mass is 561 g/mol. The SMILES string of the molecule is COc1cc(NC(=O)C(C)OC(=O)c2ccc3nc(-c4ccc(C)cc4)c(-c4ccc(C)cc4)nc3c2)cc(OC)c1. The van der Waals surface area contributed by atoms with Crippen molar-refractivity contribution in [2.75, 3.05) is 19.5 Å². The lowest BCUT2D eigenvalue weighted by molar-refractivity contribution is -0.123. The van der Waals surface area contributed by atoms with Crippen LogP contribution in [0, 0.1) is 13.8 Å². The van der Waals surface area contributed by atoms with Crippen molar-refractivity contribution < 1.29 is 23.8 Å². The van der Waals surface area contributed by atoms with Gasteiger partial charge in [-0.25, -0.2) is 14.8 Å². The molecule has 8 nitrogen and oxygen atoms in total. The standard InChI is InChI=1S/C34H31N3O5/c1-20-6-10-23(11-7-20)31-32(24-12-8-21(2)9-13-24)37-30-16-25(14-15-29(30)36-31)34(39)42-22(3)33(38)35-26-17-27(40-4)19-28(18-26)41-5/h6-19,22H,1-5H3,(H,35,38). The van der Waals surface area contributed by atoms with Gasteiger partial charge in [-0.3, -0.25) is 4.79 Å². The first-order valence-electron chi connectivity index (χ1n) is 13.4. The number of anilines is 1. The number of ether oxygens (including phenoxy) is 3. The molecule has 0 bridgehead atoms. The zero-order valence-electron chi connectivity index (χ0n) is 24.1. The summed E-state index contributed by atoms with van der Waals surface area (Å²) in [5.41, 5.74) is 7.49. The number of carbonyl (C=O) groups is 2. The molecule has 8 heteroatoms. The number of fused-ring (bicyclic) bond motifs is 1. The molecular weight excluding hydrogens is 530 g/mol. The molecule has 4 aromatic carbocycles. The maximum Gasteiger partial charge on any atom is 0.338 e. The van der Waals surface area contributed by atoms with E-state index in [-0.39, 0.29) is 5.56 Å². The molecule has 1 aromatic heterocycles. The molecule has 5 aromatic rings. The molecule has 0 fully saturated rings. The largest absolute Gasteiger partial charge is 0.497 e. The van der Waals surface area contributed by atoms with Crippen molar-refractivity contribution in [2.45, 2.75) is 26.9 Å². The number of amides is 1. The van der Waals surface area contributed by atoms with Gasteiger partial charge in [0.2, 0.25) is 0 Å². The van der Waals surface area contributed by atoms with Gasteiger partial charge in [-0.05, 0) is 39.0 Å². The molecule has 0 radical (unpaired) electrons. The van der Waals surface area contributed by atoms with Crippen LogP contribution in [0.5, 0.6) is 11.5 Å². The summed E-state index contributed by atoms with van der Waals surface area (Å²) in [4.78, 5) is 35.8. The highest BCUT2D eigenvalue weighted by atomic mass is 16.5. The first-order valence-corrected chi connectivity index (χ1v) is 13.4. The van der Waals surface area contributed by atoms with Crippen LogP contribution in [0.2, 0.25) is 0 Å². The van der Waals surface area contributed by atoms with Crippen molar-refractivity contribution in [1.82, 2.24) is 9.97 Å². The summed E-state index contributed by atoms with van der Waals surface area (Å²) in [6.07, 6.45) is -1.07. The Bertz CT molecular complexity index is 1740. The van der Waals surface area contributed by atoms with Crippen molar-refractivity contribution in [3.8, 4) is 34.0 Å². The van der Waals surface area contributed by atoms with Crippen LogP contribution in [0.25, 0.3) is 33.5 Å². The minimum atomic E-state index is -1.07. The van der Waals surface area contributed by atoms with Crippen LogP contribution in [0.3, 0.4) is 0 Å². The lowest BCUT2D eigenvalue weighted by Gasteiger charge is -2.15. The summed E-state index contributed by atoms with van der Waals surface area (Å²) in [5, 5.41) is 2.73. The van der Waals surface area contributed by atoms with Crippen LogP contribution in [0.1, 0.15) is 28.4 Å². The van der Waals surface area contributed by atoms with Gasteiger partial charge >= 0.3 is 5.97 Å². The Morgan fingerprint density at radius 1 is 0.690 bits per heavy atom.